The topological polar surface area (TPSA) is 32.6 Å². The van der Waals surface area contributed by atoms with Crippen LogP contribution in [-0.2, 0) is 6.42 Å². The van der Waals surface area contributed by atoms with Gasteiger partial charge in [0.2, 0.25) is 0 Å². The maximum absolute atomic E-state index is 12.4. The lowest BCUT2D eigenvalue weighted by Gasteiger charge is -1.98. The zero-order chi connectivity index (χ0) is 8.97. The summed E-state index contributed by atoms with van der Waals surface area (Å²) in [5, 5.41) is 11.4. The summed E-state index contributed by atoms with van der Waals surface area (Å²) in [5.74, 6) is -0.252. The summed E-state index contributed by atoms with van der Waals surface area (Å²) < 4.78 is 12.4. The predicted molar refractivity (Wildman–Crippen MR) is 45.0 cm³/mol. The molecule has 64 valence electrons. The van der Waals surface area contributed by atoms with Gasteiger partial charge in [0.25, 0.3) is 0 Å². The second kappa shape index (κ2) is 3.85. The number of nitrogens with zero attached hydrogens (tertiary/aromatic N) is 1. The molecule has 0 aliphatic rings. The minimum Gasteiger partial charge on any atom is -0.411 e. The average Bonchev–Trinajstić information content (AvgIpc) is 2.09. The van der Waals surface area contributed by atoms with Gasteiger partial charge in [-0.2, -0.15) is 0 Å². The Labute approximate surface area is 70.3 Å². The first-order valence-electron chi connectivity index (χ1n) is 3.64. The van der Waals surface area contributed by atoms with Crippen molar-refractivity contribution in [2.45, 2.75) is 13.3 Å². The fourth-order valence-corrected chi connectivity index (χ4v) is 0.933. The summed E-state index contributed by atoms with van der Waals surface area (Å²) in [6.07, 6.45) is 0.552. The standard InChI is InChI=1S/C9H10FNO/c1-7(11-12)6-8-2-4-9(10)5-3-8/h2-5,12H,6H2,1H3/b11-7+. The van der Waals surface area contributed by atoms with Crippen LogP contribution in [0.25, 0.3) is 0 Å². The maximum atomic E-state index is 12.4. The Morgan fingerprint density at radius 2 is 2.00 bits per heavy atom. The molecule has 0 radical (unpaired) electrons. The molecule has 0 spiro atoms. The first kappa shape index (κ1) is 8.71. The SMILES string of the molecule is C/C(Cc1ccc(F)cc1)=N\O. The van der Waals surface area contributed by atoms with Gasteiger partial charge in [-0.1, -0.05) is 17.3 Å². The van der Waals surface area contributed by atoms with Gasteiger partial charge < -0.3 is 5.21 Å². The zero-order valence-corrected chi connectivity index (χ0v) is 6.79. The summed E-state index contributed by atoms with van der Waals surface area (Å²) in [6, 6.07) is 6.12. The Morgan fingerprint density at radius 3 is 2.50 bits per heavy atom. The van der Waals surface area contributed by atoms with Crippen LogP contribution in [0.4, 0.5) is 4.39 Å². The van der Waals surface area contributed by atoms with Crippen molar-refractivity contribution in [2.24, 2.45) is 5.16 Å². The molecule has 0 fully saturated rings. The normalized spacial score (nSPS) is 11.7. The van der Waals surface area contributed by atoms with Crippen molar-refractivity contribution in [2.75, 3.05) is 0 Å². The van der Waals surface area contributed by atoms with E-state index in [0.29, 0.717) is 12.1 Å². The molecule has 0 aliphatic heterocycles. The number of benzene rings is 1. The van der Waals surface area contributed by atoms with E-state index in [1.54, 1.807) is 19.1 Å². The third-order valence-electron chi connectivity index (χ3n) is 1.54. The highest BCUT2D eigenvalue weighted by Crippen LogP contribution is 2.03. The summed E-state index contributed by atoms with van der Waals surface area (Å²) in [7, 11) is 0. The third kappa shape index (κ3) is 2.34. The molecule has 3 heteroatoms. The summed E-state index contributed by atoms with van der Waals surface area (Å²) in [4.78, 5) is 0. The molecule has 1 N–H and O–H groups in total. The Bertz CT molecular complexity index is 279. The van der Waals surface area contributed by atoms with Crippen LogP contribution in [0.2, 0.25) is 0 Å². The highest BCUT2D eigenvalue weighted by molar-refractivity contribution is 5.83. The minimum atomic E-state index is -0.252. The van der Waals surface area contributed by atoms with Crippen molar-refractivity contribution in [3.63, 3.8) is 0 Å². The van der Waals surface area contributed by atoms with Gasteiger partial charge in [-0.25, -0.2) is 4.39 Å². The summed E-state index contributed by atoms with van der Waals surface area (Å²) in [5.41, 5.74) is 1.55. The second-order valence-corrected chi connectivity index (χ2v) is 2.64. The van der Waals surface area contributed by atoms with Gasteiger partial charge in [0.15, 0.2) is 0 Å². The zero-order valence-electron chi connectivity index (χ0n) is 6.79. The largest absolute Gasteiger partial charge is 0.411 e. The number of oxime groups is 1. The molecule has 2 nitrogen and oxygen atoms in total. The van der Waals surface area contributed by atoms with Gasteiger partial charge in [0.05, 0.1) is 5.71 Å². The summed E-state index contributed by atoms with van der Waals surface area (Å²) >= 11 is 0. The van der Waals surface area contributed by atoms with Crippen molar-refractivity contribution in [3.05, 3.63) is 35.6 Å². The van der Waals surface area contributed by atoms with E-state index in [1.807, 2.05) is 0 Å². The minimum absolute atomic E-state index is 0.252. The average molecular weight is 167 g/mol. The molecule has 1 aromatic carbocycles. The van der Waals surface area contributed by atoms with Crippen molar-refractivity contribution in [3.8, 4) is 0 Å². The van der Waals surface area contributed by atoms with Crippen LogP contribution in [-0.4, -0.2) is 10.9 Å². The molecule has 0 bridgehead atoms. The molecule has 1 aromatic rings. The first-order valence-corrected chi connectivity index (χ1v) is 3.64. The highest BCUT2D eigenvalue weighted by atomic mass is 19.1. The Balaban J connectivity index is 2.71. The first-order chi connectivity index (χ1) is 5.72. The van der Waals surface area contributed by atoms with Gasteiger partial charge in [-0.05, 0) is 24.6 Å². The maximum Gasteiger partial charge on any atom is 0.123 e. The fraction of sp³-hybridized carbons (Fsp3) is 0.222. The van der Waals surface area contributed by atoms with E-state index >= 15 is 0 Å². The Kier molecular flexibility index (Phi) is 2.80. The van der Waals surface area contributed by atoms with Gasteiger partial charge in [-0.15, -0.1) is 0 Å². The van der Waals surface area contributed by atoms with Crippen molar-refractivity contribution >= 4 is 5.71 Å². The van der Waals surface area contributed by atoms with Crippen LogP contribution in [0.1, 0.15) is 12.5 Å². The molecule has 0 saturated carbocycles. The lowest BCUT2D eigenvalue weighted by Crippen LogP contribution is -1.96. The van der Waals surface area contributed by atoms with Crippen molar-refractivity contribution in [1.82, 2.24) is 0 Å². The quantitative estimate of drug-likeness (QED) is 0.409. The monoisotopic (exact) mass is 167 g/mol. The van der Waals surface area contributed by atoms with Crippen LogP contribution in [0, 0.1) is 5.82 Å². The van der Waals surface area contributed by atoms with E-state index in [2.05, 4.69) is 5.16 Å². The van der Waals surface area contributed by atoms with E-state index in [0.717, 1.165) is 5.56 Å². The molecular weight excluding hydrogens is 157 g/mol. The predicted octanol–water partition coefficient (Wildman–Crippen LogP) is 2.22. The van der Waals surface area contributed by atoms with Crippen molar-refractivity contribution < 1.29 is 9.60 Å². The molecule has 0 aliphatic carbocycles. The molecule has 0 saturated heterocycles. The number of rotatable bonds is 2. The van der Waals surface area contributed by atoms with Crippen LogP contribution < -0.4 is 0 Å². The Hall–Kier alpha value is -1.38. The van der Waals surface area contributed by atoms with E-state index in [4.69, 9.17) is 5.21 Å². The third-order valence-corrected chi connectivity index (χ3v) is 1.54. The highest BCUT2D eigenvalue weighted by Gasteiger charge is 1.96. The van der Waals surface area contributed by atoms with Crippen LogP contribution in [0.5, 0.6) is 0 Å². The molecule has 0 aromatic heterocycles. The van der Waals surface area contributed by atoms with Crippen LogP contribution >= 0.6 is 0 Å². The second-order valence-electron chi connectivity index (χ2n) is 2.64. The number of hydrogen-bond donors (Lipinski definition) is 1. The van der Waals surface area contributed by atoms with Gasteiger partial charge in [0, 0.05) is 6.42 Å². The Morgan fingerprint density at radius 1 is 1.42 bits per heavy atom. The van der Waals surface area contributed by atoms with Crippen LogP contribution in [0.3, 0.4) is 0 Å². The van der Waals surface area contributed by atoms with E-state index in [1.165, 1.54) is 12.1 Å². The summed E-state index contributed by atoms with van der Waals surface area (Å²) in [6.45, 7) is 1.71. The lowest BCUT2D eigenvalue weighted by atomic mass is 10.1. The van der Waals surface area contributed by atoms with Crippen LogP contribution in [0.15, 0.2) is 29.4 Å². The number of hydrogen-bond acceptors (Lipinski definition) is 2. The fourth-order valence-electron chi connectivity index (χ4n) is 0.933. The molecule has 0 unspecified atom stereocenters. The smallest absolute Gasteiger partial charge is 0.123 e. The number of halogens is 1. The van der Waals surface area contributed by atoms with Crippen molar-refractivity contribution in [1.29, 1.82) is 0 Å². The molecule has 12 heavy (non-hydrogen) atoms. The van der Waals surface area contributed by atoms with E-state index < -0.39 is 0 Å². The van der Waals surface area contributed by atoms with E-state index in [-0.39, 0.29) is 5.82 Å². The molecule has 0 atom stereocenters. The molecular formula is C9H10FNO. The lowest BCUT2D eigenvalue weighted by molar-refractivity contribution is 0.317. The van der Waals surface area contributed by atoms with Gasteiger partial charge >= 0.3 is 0 Å². The van der Waals surface area contributed by atoms with E-state index in [9.17, 15) is 4.39 Å². The molecule has 0 heterocycles. The van der Waals surface area contributed by atoms with Gasteiger partial charge in [0.1, 0.15) is 5.82 Å². The van der Waals surface area contributed by atoms with Gasteiger partial charge in [-0.3, -0.25) is 0 Å². The molecule has 0 amide bonds. The molecule has 1 rings (SSSR count).